The van der Waals surface area contributed by atoms with Crippen molar-refractivity contribution in [3.8, 4) is 5.69 Å². The molecule has 1 aromatic carbocycles. The molecule has 84 valence electrons. The second-order valence-corrected chi connectivity index (χ2v) is 4.50. The molecule has 0 aliphatic rings. The Kier molecular flexibility index (Phi) is 3.29. The average molecular weight is 280 g/mol. The van der Waals surface area contributed by atoms with E-state index in [4.69, 9.17) is 0 Å². The fourth-order valence-electron chi connectivity index (χ4n) is 1.68. The fourth-order valence-corrected chi connectivity index (χ4v) is 2.15. The molecule has 0 spiro atoms. The van der Waals surface area contributed by atoms with Crippen molar-refractivity contribution in [1.82, 2.24) is 9.55 Å². The molecule has 0 aliphatic carbocycles. The Morgan fingerprint density at radius 1 is 1.44 bits per heavy atom. The Morgan fingerprint density at radius 3 is 2.94 bits per heavy atom. The van der Waals surface area contributed by atoms with Crippen LogP contribution in [0, 0.1) is 6.92 Å². The van der Waals surface area contributed by atoms with Crippen LogP contribution in [0.2, 0.25) is 0 Å². The van der Waals surface area contributed by atoms with E-state index in [2.05, 4.69) is 56.8 Å². The van der Waals surface area contributed by atoms with Gasteiger partial charge in [0.2, 0.25) is 5.95 Å². The zero-order chi connectivity index (χ0) is 11.5. The van der Waals surface area contributed by atoms with E-state index in [-0.39, 0.29) is 0 Å². The first-order valence-corrected chi connectivity index (χ1v) is 6.05. The third kappa shape index (κ3) is 2.11. The van der Waals surface area contributed by atoms with E-state index in [9.17, 15) is 0 Å². The van der Waals surface area contributed by atoms with E-state index in [1.54, 1.807) is 6.20 Å². The molecule has 0 fully saturated rings. The van der Waals surface area contributed by atoms with Crippen LogP contribution in [0.4, 0.5) is 5.95 Å². The lowest BCUT2D eigenvalue weighted by Crippen LogP contribution is -2.05. The van der Waals surface area contributed by atoms with Crippen molar-refractivity contribution in [1.29, 1.82) is 0 Å². The van der Waals surface area contributed by atoms with Crippen LogP contribution in [0.5, 0.6) is 0 Å². The van der Waals surface area contributed by atoms with Crippen molar-refractivity contribution < 1.29 is 0 Å². The summed E-state index contributed by atoms with van der Waals surface area (Å²) in [6.45, 7) is 5.02. The summed E-state index contributed by atoms with van der Waals surface area (Å²) >= 11 is 3.47. The standard InChI is InChI=1S/C12H14BrN3/c1-3-14-12-15-6-7-16(12)11-5-4-10(13)8-9(11)2/h4-8H,3H2,1-2H3,(H,14,15). The van der Waals surface area contributed by atoms with Crippen molar-refractivity contribution in [2.45, 2.75) is 13.8 Å². The predicted molar refractivity (Wildman–Crippen MR) is 70.2 cm³/mol. The van der Waals surface area contributed by atoms with Gasteiger partial charge in [0, 0.05) is 23.4 Å². The molecule has 0 radical (unpaired) electrons. The first kappa shape index (κ1) is 11.2. The maximum absolute atomic E-state index is 4.29. The summed E-state index contributed by atoms with van der Waals surface area (Å²) in [5.41, 5.74) is 2.36. The number of aryl methyl sites for hydroxylation is 1. The number of rotatable bonds is 3. The van der Waals surface area contributed by atoms with Crippen LogP contribution in [0.15, 0.2) is 35.1 Å². The van der Waals surface area contributed by atoms with E-state index in [0.717, 1.165) is 22.7 Å². The van der Waals surface area contributed by atoms with Crippen molar-refractivity contribution in [2.75, 3.05) is 11.9 Å². The SMILES string of the molecule is CCNc1nccn1-c1ccc(Br)cc1C. The summed E-state index contributed by atoms with van der Waals surface area (Å²) in [6.07, 6.45) is 3.77. The van der Waals surface area contributed by atoms with Gasteiger partial charge in [0.1, 0.15) is 0 Å². The van der Waals surface area contributed by atoms with Gasteiger partial charge >= 0.3 is 0 Å². The summed E-state index contributed by atoms with van der Waals surface area (Å²) in [6, 6.07) is 6.23. The maximum Gasteiger partial charge on any atom is 0.207 e. The summed E-state index contributed by atoms with van der Waals surface area (Å²) in [7, 11) is 0. The number of nitrogens with zero attached hydrogens (tertiary/aromatic N) is 2. The quantitative estimate of drug-likeness (QED) is 0.934. The van der Waals surface area contributed by atoms with Gasteiger partial charge in [0.05, 0.1) is 5.69 Å². The van der Waals surface area contributed by atoms with Gasteiger partial charge in [0.15, 0.2) is 0 Å². The summed E-state index contributed by atoms with van der Waals surface area (Å²) < 4.78 is 3.16. The van der Waals surface area contributed by atoms with Crippen LogP contribution in [0.3, 0.4) is 0 Å². The monoisotopic (exact) mass is 279 g/mol. The fraction of sp³-hybridized carbons (Fsp3) is 0.250. The lowest BCUT2D eigenvalue weighted by molar-refractivity contribution is 1.01. The van der Waals surface area contributed by atoms with Crippen LogP contribution in [-0.2, 0) is 0 Å². The molecule has 2 aromatic rings. The number of hydrogen-bond donors (Lipinski definition) is 1. The van der Waals surface area contributed by atoms with Crippen LogP contribution in [0.1, 0.15) is 12.5 Å². The Bertz CT molecular complexity index is 491. The molecular weight excluding hydrogens is 266 g/mol. The van der Waals surface area contributed by atoms with Crippen molar-refractivity contribution >= 4 is 21.9 Å². The molecule has 2 rings (SSSR count). The lowest BCUT2D eigenvalue weighted by atomic mass is 10.2. The first-order chi connectivity index (χ1) is 7.72. The van der Waals surface area contributed by atoms with Gasteiger partial charge in [0.25, 0.3) is 0 Å². The maximum atomic E-state index is 4.29. The van der Waals surface area contributed by atoms with E-state index >= 15 is 0 Å². The van der Waals surface area contributed by atoms with Gasteiger partial charge in [-0.25, -0.2) is 4.98 Å². The van der Waals surface area contributed by atoms with Gasteiger partial charge in [-0.3, -0.25) is 4.57 Å². The van der Waals surface area contributed by atoms with Crippen LogP contribution in [-0.4, -0.2) is 16.1 Å². The second-order valence-electron chi connectivity index (χ2n) is 3.58. The Balaban J connectivity index is 2.46. The van der Waals surface area contributed by atoms with Crippen LogP contribution < -0.4 is 5.32 Å². The van der Waals surface area contributed by atoms with Gasteiger partial charge < -0.3 is 5.32 Å². The van der Waals surface area contributed by atoms with Gasteiger partial charge in [-0.15, -0.1) is 0 Å². The molecule has 1 N–H and O–H groups in total. The minimum absolute atomic E-state index is 0.868. The Hall–Kier alpha value is -1.29. The van der Waals surface area contributed by atoms with Crippen LogP contribution in [0.25, 0.3) is 5.69 Å². The zero-order valence-corrected chi connectivity index (χ0v) is 11.0. The lowest BCUT2D eigenvalue weighted by Gasteiger charge is -2.11. The molecule has 16 heavy (non-hydrogen) atoms. The molecule has 4 heteroatoms. The predicted octanol–water partition coefficient (Wildman–Crippen LogP) is 3.38. The molecule has 0 saturated heterocycles. The highest BCUT2D eigenvalue weighted by Gasteiger charge is 2.06. The molecule has 0 unspecified atom stereocenters. The number of hydrogen-bond acceptors (Lipinski definition) is 2. The molecule has 0 amide bonds. The van der Waals surface area contributed by atoms with Gasteiger partial charge in [-0.05, 0) is 37.6 Å². The minimum atomic E-state index is 0.868. The second kappa shape index (κ2) is 4.70. The molecule has 0 bridgehead atoms. The highest BCUT2D eigenvalue weighted by atomic mass is 79.9. The topological polar surface area (TPSA) is 29.9 Å². The Labute approximate surface area is 104 Å². The summed E-state index contributed by atoms with van der Waals surface area (Å²) in [4.78, 5) is 4.29. The normalized spacial score (nSPS) is 10.4. The first-order valence-electron chi connectivity index (χ1n) is 5.26. The van der Waals surface area contributed by atoms with Crippen LogP contribution >= 0.6 is 15.9 Å². The molecule has 1 aromatic heterocycles. The smallest absolute Gasteiger partial charge is 0.207 e. The van der Waals surface area contributed by atoms with Gasteiger partial charge in [-0.2, -0.15) is 0 Å². The largest absolute Gasteiger partial charge is 0.356 e. The van der Waals surface area contributed by atoms with Crippen molar-refractivity contribution in [3.63, 3.8) is 0 Å². The zero-order valence-electron chi connectivity index (χ0n) is 9.37. The third-order valence-electron chi connectivity index (χ3n) is 2.39. The average Bonchev–Trinajstić information content (AvgIpc) is 2.67. The van der Waals surface area contributed by atoms with E-state index < -0.39 is 0 Å². The molecule has 0 saturated carbocycles. The molecule has 0 aliphatic heterocycles. The highest BCUT2D eigenvalue weighted by molar-refractivity contribution is 9.10. The van der Waals surface area contributed by atoms with E-state index in [0.29, 0.717) is 0 Å². The summed E-state index contributed by atoms with van der Waals surface area (Å²) in [5.74, 6) is 0.882. The van der Waals surface area contributed by atoms with E-state index in [1.165, 1.54) is 5.56 Å². The highest BCUT2D eigenvalue weighted by Crippen LogP contribution is 2.21. The summed E-state index contributed by atoms with van der Waals surface area (Å²) in [5, 5.41) is 3.24. The number of halogens is 1. The van der Waals surface area contributed by atoms with Gasteiger partial charge in [-0.1, -0.05) is 15.9 Å². The van der Waals surface area contributed by atoms with E-state index in [1.807, 2.05) is 12.3 Å². The third-order valence-corrected chi connectivity index (χ3v) is 2.89. The number of benzene rings is 1. The number of aromatic nitrogens is 2. The number of nitrogens with one attached hydrogen (secondary N) is 1. The van der Waals surface area contributed by atoms with Crippen molar-refractivity contribution in [2.24, 2.45) is 0 Å². The molecule has 0 atom stereocenters. The molecular formula is C12H14BrN3. The number of imidazole rings is 1. The Morgan fingerprint density at radius 2 is 2.25 bits per heavy atom. The molecule has 3 nitrogen and oxygen atoms in total. The number of anilines is 1. The molecule has 1 heterocycles. The minimum Gasteiger partial charge on any atom is -0.356 e. The van der Waals surface area contributed by atoms with Crippen molar-refractivity contribution in [3.05, 3.63) is 40.6 Å².